The van der Waals surface area contributed by atoms with Crippen molar-refractivity contribution >= 4 is 0 Å². The Labute approximate surface area is 55.9 Å². The maximum atomic E-state index is 2.12. The molecule has 0 aromatic carbocycles. The van der Waals surface area contributed by atoms with Gasteiger partial charge in [-0.3, -0.25) is 0 Å². The summed E-state index contributed by atoms with van der Waals surface area (Å²) in [5, 5.41) is 0. The van der Waals surface area contributed by atoms with Crippen LogP contribution in [0.4, 0.5) is 0 Å². The van der Waals surface area contributed by atoms with E-state index >= 15 is 0 Å². The first-order chi connectivity index (χ1) is 4.50. The molecule has 0 aromatic rings. The highest BCUT2D eigenvalue weighted by atomic mass is 13.8. The minimum Gasteiger partial charge on any atom is -0.0807 e. The minimum atomic E-state index is 1.04. The van der Waals surface area contributed by atoms with Gasteiger partial charge in [0, 0.05) is 0 Å². The van der Waals surface area contributed by atoms with Crippen molar-refractivity contribution in [1.82, 2.24) is 0 Å². The second kappa shape index (κ2) is 3.90. The molecule has 0 aromatic heterocycles. The van der Waals surface area contributed by atoms with E-state index in [0.717, 1.165) is 6.42 Å². The average molecular weight is 118 g/mol. The summed E-state index contributed by atoms with van der Waals surface area (Å²) < 4.78 is 0. The Hall–Kier alpha value is -1.04. The molecule has 0 heterocycles. The molecule has 0 heteroatoms. The third-order valence-electron chi connectivity index (χ3n) is 1.10. The van der Waals surface area contributed by atoms with Crippen LogP contribution in [-0.4, -0.2) is 0 Å². The smallest absolute Gasteiger partial charge is 0.0163 e. The molecule has 0 unspecified atom stereocenters. The Morgan fingerprint density at radius 3 is 1.56 bits per heavy atom. The molecule has 0 radical (unpaired) electrons. The van der Waals surface area contributed by atoms with Crippen molar-refractivity contribution in [2.45, 2.75) is 6.42 Å². The van der Waals surface area contributed by atoms with Gasteiger partial charge in [0.15, 0.2) is 0 Å². The summed E-state index contributed by atoms with van der Waals surface area (Å²) in [6, 6.07) is 0. The fraction of sp³-hybridized carbons (Fsp3) is 0.111. The largest absolute Gasteiger partial charge is 0.0807 e. The average Bonchev–Trinajstić information content (AvgIpc) is 2.00. The van der Waals surface area contributed by atoms with Gasteiger partial charge in [-0.15, -0.1) is 0 Å². The van der Waals surface area contributed by atoms with Gasteiger partial charge in [-0.25, -0.2) is 0 Å². The summed E-state index contributed by atoms with van der Waals surface area (Å²) in [6.07, 6.45) is 17.5. The molecule has 0 fully saturated rings. The molecule has 0 amide bonds. The summed E-state index contributed by atoms with van der Waals surface area (Å²) in [4.78, 5) is 0. The molecule has 46 valence electrons. The molecule has 1 aliphatic carbocycles. The highest BCUT2D eigenvalue weighted by Crippen LogP contribution is 1.91. The maximum Gasteiger partial charge on any atom is -0.0163 e. The van der Waals surface area contributed by atoms with Crippen LogP contribution >= 0.6 is 0 Å². The van der Waals surface area contributed by atoms with Gasteiger partial charge < -0.3 is 0 Å². The molecule has 0 atom stereocenters. The van der Waals surface area contributed by atoms with Crippen molar-refractivity contribution in [2.24, 2.45) is 0 Å². The first-order valence-electron chi connectivity index (χ1n) is 3.15. The number of rotatable bonds is 0. The molecular weight excluding hydrogens is 108 g/mol. The zero-order chi connectivity index (χ0) is 6.36. The molecule has 0 N–H and O–H groups in total. The molecule has 9 heavy (non-hydrogen) atoms. The highest BCUT2D eigenvalue weighted by molar-refractivity contribution is 5.18. The van der Waals surface area contributed by atoms with Gasteiger partial charge >= 0.3 is 0 Å². The Morgan fingerprint density at radius 1 is 0.556 bits per heavy atom. The van der Waals surface area contributed by atoms with Crippen LogP contribution in [0.15, 0.2) is 48.6 Å². The second-order valence-electron chi connectivity index (χ2n) is 1.86. The van der Waals surface area contributed by atoms with Crippen LogP contribution in [0.1, 0.15) is 6.42 Å². The zero-order valence-electron chi connectivity index (χ0n) is 5.33. The van der Waals surface area contributed by atoms with Crippen LogP contribution in [-0.2, 0) is 0 Å². The highest BCUT2D eigenvalue weighted by Gasteiger charge is 1.70. The van der Waals surface area contributed by atoms with Gasteiger partial charge in [-0.1, -0.05) is 48.6 Å². The van der Waals surface area contributed by atoms with Gasteiger partial charge in [0.05, 0.1) is 0 Å². The second-order valence-corrected chi connectivity index (χ2v) is 1.86. The third-order valence-corrected chi connectivity index (χ3v) is 1.10. The molecule has 0 spiro atoms. The summed E-state index contributed by atoms with van der Waals surface area (Å²) in [5.74, 6) is 0. The third kappa shape index (κ3) is 2.70. The van der Waals surface area contributed by atoms with Crippen molar-refractivity contribution in [2.75, 3.05) is 0 Å². The predicted octanol–water partition coefficient (Wildman–Crippen LogP) is 2.61. The van der Waals surface area contributed by atoms with Gasteiger partial charge in [-0.05, 0) is 6.42 Å². The van der Waals surface area contributed by atoms with Crippen molar-refractivity contribution in [3.8, 4) is 0 Å². The van der Waals surface area contributed by atoms with E-state index in [9.17, 15) is 0 Å². The fourth-order valence-electron chi connectivity index (χ4n) is 0.649. The van der Waals surface area contributed by atoms with Crippen molar-refractivity contribution in [3.63, 3.8) is 0 Å². The lowest BCUT2D eigenvalue weighted by Crippen LogP contribution is -1.53. The van der Waals surface area contributed by atoms with Gasteiger partial charge in [0.25, 0.3) is 0 Å². The molecule has 0 saturated heterocycles. The Kier molecular flexibility index (Phi) is 2.64. The molecule has 1 rings (SSSR count). The number of hydrogen-bond donors (Lipinski definition) is 0. The van der Waals surface area contributed by atoms with E-state index in [1.54, 1.807) is 0 Å². The first-order valence-corrected chi connectivity index (χ1v) is 3.15. The lowest BCUT2D eigenvalue weighted by atomic mass is 10.3. The Morgan fingerprint density at radius 2 is 1.00 bits per heavy atom. The lowest BCUT2D eigenvalue weighted by molar-refractivity contribution is 1.40. The molecule has 0 saturated carbocycles. The number of hydrogen-bond acceptors (Lipinski definition) is 0. The summed E-state index contributed by atoms with van der Waals surface area (Å²) >= 11 is 0. The quantitative estimate of drug-likeness (QED) is 0.458. The van der Waals surface area contributed by atoms with Crippen LogP contribution in [0, 0.1) is 0 Å². The molecular formula is C9H10. The molecule has 0 nitrogen and oxygen atoms in total. The zero-order valence-corrected chi connectivity index (χ0v) is 5.33. The van der Waals surface area contributed by atoms with Crippen LogP contribution in [0.5, 0.6) is 0 Å². The van der Waals surface area contributed by atoms with E-state index < -0.39 is 0 Å². The normalized spacial score (nSPS) is 24.0. The summed E-state index contributed by atoms with van der Waals surface area (Å²) in [5.41, 5.74) is 0. The molecule has 1 aliphatic rings. The van der Waals surface area contributed by atoms with Crippen molar-refractivity contribution < 1.29 is 0 Å². The van der Waals surface area contributed by atoms with Gasteiger partial charge in [-0.2, -0.15) is 0 Å². The van der Waals surface area contributed by atoms with Crippen LogP contribution in [0.2, 0.25) is 0 Å². The van der Waals surface area contributed by atoms with Gasteiger partial charge in [0.2, 0.25) is 0 Å². The SMILES string of the molecule is C1=C/C=C/C/C=C/C=C1. The molecule has 0 bridgehead atoms. The maximum absolute atomic E-state index is 2.12. The van der Waals surface area contributed by atoms with E-state index in [2.05, 4.69) is 24.3 Å². The van der Waals surface area contributed by atoms with Crippen LogP contribution < -0.4 is 0 Å². The van der Waals surface area contributed by atoms with Crippen LogP contribution in [0.3, 0.4) is 0 Å². The summed E-state index contributed by atoms with van der Waals surface area (Å²) in [7, 11) is 0. The van der Waals surface area contributed by atoms with E-state index in [1.807, 2.05) is 24.3 Å². The monoisotopic (exact) mass is 118 g/mol. The van der Waals surface area contributed by atoms with Gasteiger partial charge in [0.1, 0.15) is 0 Å². The minimum absolute atomic E-state index is 1.04. The van der Waals surface area contributed by atoms with Crippen LogP contribution in [0.25, 0.3) is 0 Å². The Balaban J connectivity index is 2.60. The van der Waals surface area contributed by atoms with E-state index in [4.69, 9.17) is 0 Å². The Bertz CT molecular complexity index is 148. The first kappa shape index (κ1) is 6.09. The van der Waals surface area contributed by atoms with Crippen molar-refractivity contribution in [1.29, 1.82) is 0 Å². The molecule has 0 aliphatic heterocycles. The van der Waals surface area contributed by atoms with Crippen molar-refractivity contribution in [3.05, 3.63) is 48.6 Å². The standard InChI is InChI=1S/C9H10/c1-2-4-6-8-9-7-5-3-1/h1-8H,9H2/b3-1?,4-2?,7-5+,8-6+. The van der Waals surface area contributed by atoms with E-state index in [1.165, 1.54) is 0 Å². The lowest BCUT2D eigenvalue weighted by Gasteiger charge is -1.74. The fourth-order valence-corrected chi connectivity index (χ4v) is 0.649. The van der Waals surface area contributed by atoms with E-state index in [-0.39, 0.29) is 0 Å². The summed E-state index contributed by atoms with van der Waals surface area (Å²) in [6.45, 7) is 0. The predicted molar refractivity (Wildman–Crippen MR) is 41.2 cm³/mol. The number of allylic oxidation sites excluding steroid dienone is 8. The van der Waals surface area contributed by atoms with E-state index in [0.29, 0.717) is 0 Å². The topological polar surface area (TPSA) is 0 Å².